The Morgan fingerprint density at radius 2 is 1.82 bits per heavy atom. The average Bonchev–Trinajstić information content (AvgIpc) is 3.29. The van der Waals surface area contributed by atoms with Crippen molar-refractivity contribution in [1.29, 1.82) is 0 Å². The number of pyridine rings is 1. The quantitative estimate of drug-likeness (QED) is 0.301. The number of halogens is 3. The maximum Gasteiger partial charge on any atom is 0.416 e. The molecule has 0 aliphatic heterocycles. The lowest BCUT2D eigenvalue weighted by Gasteiger charge is -2.24. The minimum Gasteiger partial charge on any atom is -0.360 e. The van der Waals surface area contributed by atoms with Gasteiger partial charge in [-0.3, -0.25) is 4.98 Å². The summed E-state index contributed by atoms with van der Waals surface area (Å²) in [6.07, 6.45) is 2.79. The Morgan fingerprint density at radius 3 is 2.55 bits per heavy atom. The minimum atomic E-state index is -4.34. The summed E-state index contributed by atoms with van der Waals surface area (Å²) in [6.45, 7) is 2.52. The number of hydrogen-bond donors (Lipinski definition) is 2. The molecule has 0 bridgehead atoms. The van der Waals surface area contributed by atoms with Crippen LogP contribution in [-0.4, -0.2) is 22.6 Å². The van der Waals surface area contributed by atoms with Gasteiger partial charge >= 0.3 is 6.18 Å². The van der Waals surface area contributed by atoms with Crippen LogP contribution in [0.4, 0.5) is 18.3 Å². The summed E-state index contributed by atoms with van der Waals surface area (Å²) in [5.74, 6) is -0.0432. The second-order valence-corrected chi connectivity index (χ2v) is 9.06. The lowest BCUT2D eigenvalue weighted by Crippen LogP contribution is -2.35. The van der Waals surface area contributed by atoms with Crippen LogP contribution < -0.4 is 11.1 Å². The number of nitrogens with one attached hydrogen (secondary N) is 1. The van der Waals surface area contributed by atoms with Crippen LogP contribution in [-0.2, 0) is 6.18 Å². The molecular formula is C25H25F3N4S. The van der Waals surface area contributed by atoms with E-state index in [0.717, 1.165) is 56.9 Å². The van der Waals surface area contributed by atoms with E-state index in [2.05, 4.69) is 27.4 Å². The molecule has 2 aromatic carbocycles. The summed E-state index contributed by atoms with van der Waals surface area (Å²) in [4.78, 5) is 9.66. The van der Waals surface area contributed by atoms with Crippen molar-refractivity contribution >= 4 is 27.2 Å². The van der Waals surface area contributed by atoms with E-state index in [9.17, 15) is 13.2 Å². The van der Waals surface area contributed by atoms with E-state index in [1.54, 1.807) is 29.7 Å². The van der Waals surface area contributed by atoms with Gasteiger partial charge in [0.1, 0.15) is 0 Å². The summed E-state index contributed by atoms with van der Waals surface area (Å²) in [5, 5.41) is 6.27. The van der Waals surface area contributed by atoms with Gasteiger partial charge in [0.25, 0.3) is 0 Å². The summed E-state index contributed by atoms with van der Waals surface area (Å²) >= 11 is 1.54. The molecule has 172 valence electrons. The zero-order valence-electron chi connectivity index (χ0n) is 18.1. The molecule has 0 spiro atoms. The van der Waals surface area contributed by atoms with E-state index in [1.165, 1.54) is 0 Å². The zero-order chi connectivity index (χ0) is 23.4. The van der Waals surface area contributed by atoms with E-state index in [1.807, 2.05) is 31.5 Å². The highest BCUT2D eigenvalue weighted by molar-refractivity contribution is 7.18. The van der Waals surface area contributed by atoms with Crippen LogP contribution in [0.2, 0.25) is 0 Å². The number of nitrogens with zero attached hydrogens (tertiary/aromatic N) is 2. The van der Waals surface area contributed by atoms with Gasteiger partial charge in [-0.05, 0) is 47.2 Å². The Hall–Kier alpha value is -2.97. The van der Waals surface area contributed by atoms with Gasteiger partial charge in [-0.15, -0.1) is 0 Å². The predicted molar refractivity (Wildman–Crippen MR) is 128 cm³/mol. The van der Waals surface area contributed by atoms with Crippen LogP contribution in [0.25, 0.3) is 21.2 Å². The number of benzene rings is 2. The molecule has 2 heterocycles. The fourth-order valence-corrected chi connectivity index (χ4v) is 4.75. The lowest BCUT2D eigenvalue weighted by atomic mass is 9.87. The molecule has 0 amide bonds. The Bertz CT molecular complexity index is 1200. The van der Waals surface area contributed by atoms with Gasteiger partial charge in [-0.1, -0.05) is 48.9 Å². The van der Waals surface area contributed by atoms with Gasteiger partial charge in [-0.2, -0.15) is 13.2 Å². The van der Waals surface area contributed by atoms with E-state index in [-0.39, 0.29) is 12.0 Å². The van der Waals surface area contributed by atoms with Gasteiger partial charge in [0, 0.05) is 42.5 Å². The predicted octanol–water partition coefficient (Wildman–Crippen LogP) is 6.70. The maximum absolute atomic E-state index is 12.9. The van der Waals surface area contributed by atoms with Crippen molar-refractivity contribution < 1.29 is 13.2 Å². The first kappa shape index (κ1) is 23.2. The first-order valence-electron chi connectivity index (χ1n) is 10.8. The summed E-state index contributed by atoms with van der Waals surface area (Å²) < 4.78 is 38.7. The van der Waals surface area contributed by atoms with E-state index in [0.29, 0.717) is 6.54 Å². The van der Waals surface area contributed by atoms with Crippen molar-refractivity contribution in [2.75, 3.05) is 11.9 Å². The maximum atomic E-state index is 12.9. The number of thiazole rings is 1. The monoisotopic (exact) mass is 470 g/mol. The van der Waals surface area contributed by atoms with Gasteiger partial charge in [0.2, 0.25) is 0 Å². The molecule has 4 nitrogen and oxygen atoms in total. The van der Waals surface area contributed by atoms with Crippen molar-refractivity contribution in [3.05, 3.63) is 78.2 Å². The van der Waals surface area contributed by atoms with Crippen molar-refractivity contribution in [3.8, 4) is 10.4 Å². The molecule has 4 rings (SSSR count). The number of rotatable bonds is 8. The largest absolute Gasteiger partial charge is 0.416 e. The second kappa shape index (κ2) is 9.89. The normalized spacial score (nSPS) is 13.7. The number of anilines is 1. The highest BCUT2D eigenvalue weighted by atomic mass is 32.1. The number of hydrogen-bond acceptors (Lipinski definition) is 5. The fraction of sp³-hybridized carbons (Fsp3) is 0.280. The third-order valence-corrected chi connectivity index (χ3v) is 6.71. The van der Waals surface area contributed by atoms with E-state index < -0.39 is 11.7 Å². The molecular weight excluding hydrogens is 445 g/mol. The molecule has 3 N–H and O–H groups in total. The third-order valence-electron chi connectivity index (χ3n) is 5.70. The molecule has 8 heteroatoms. The molecule has 0 aliphatic rings. The van der Waals surface area contributed by atoms with Crippen LogP contribution in [0.1, 0.15) is 36.8 Å². The molecule has 33 heavy (non-hydrogen) atoms. The molecule has 2 aromatic heterocycles. The molecule has 0 aliphatic carbocycles. The standard InChI is InChI=1S/C25H25F3N4S/c1-2-3-21(16-6-8-20(9-7-16)25(26,27)28)22(29)14-31-24-32-15-23(33-24)18-4-5-19-13-30-11-10-17(19)12-18/h4-13,15,21-22H,2-3,14,29H2,1H3,(H,31,32). The van der Waals surface area contributed by atoms with Crippen LogP contribution in [0.5, 0.6) is 0 Å². The minimum absolute atomic E-state index is 0.0432. The third kappa shape index (κ3) is 5.51. The Labute approximate surface area is 194 Å². The molecule has 0 fully saturated rings. The SMILES string of the molecule is CCCC(c1ccc(C(F)(F)F)cc1)C(N)CNc1ncc(-c2ccc3cnccc3c2)s1. The smallest absolute Gasteiger partial charge is 0.360 e. The van der Waals surface area contributed by atoms with Crippen molar-refractivity contribution in [3.63, 3.8) is 0 Å². The van der Waals surface area contributed by atoms with Crippen LogP contribution in [0.3, 0.4) is 0 Å². The summed E-state index contributed by atoms with van der Waals surface area (Å²) in [5.41, 5.74) is 7.73. The van der Waals surface area contributed by atoms with Gasteiger partial charge in [-0.25, -0.2) is 4.98 Å². The van der Waals surface area contributed by atoms with Crippen molar-refractivity contribution in [2.24, 2.45) is 5.73 Å². The lowest BCUT2D eigenvalue weighted by molar-refractivity contribution is -0.137. The Kier molecular flexibility index (Phi) is 6.95. The van der Waals surface area contributed by atoms with Crippen molar-refractivity contribution in [2.45, 2.75) is 37.9 Å². The first-order valence-corrected chi connectivity index (χ1v) is 11.6. The average molecular weight is 471 g/mol. The van der Waals surface area contributed by atoms with Gasteiger partial charge in [0.05, 0.1) is 10.4 Å². The summed E-state index contributed by atoms with van der Waals surface area (Å²) in [6, 6.07) is 13.3. The first-order chi connectivity index (χ1) is 15.8. The highest BCUT2D eigenvalue weighted by Crippen LogP contribution is 2.33. The van der Waals surface area contributed by atoms with Gasteiger partial charge < -0.3 is 11.1 Å². The molecule has 2 atom stereocenters. The Morgan fingerprint density at radius 1 is 1.03 bits per heavy atom. The Balaban J connectivity index is 1.43. The topological polar surface area (TPSA) is 63.8 Å². The number of nitrogens with two attached hydrogens (primary N) is 1. The molecule has 4 aromatic rings. The molecule has 0 radical (unpaired) electrons. The summed E-state index contributed by atoms with van der Waals surface area (Å²) in [7, 11) is 0. The van der Waals surface area contributed by atoms with Crippen molar-refractivity contribution in [1.82, 2.24) is 9.97 Å². The molecule has 0 saturated heterocycles. The van der Waals surface area contributed by atoms with Crippen LogP contribution >= 0.6 is 11.3 Å². The molecule has 0 saturated carbocycles. The zero-order valence-corrected chi connectivity index (χ0v) is 19.0. The second-order valence-electron chi connectivity index (χ2n) is 8.03. The van der Waals surface area contributed by atoms with Crippen LogP contribution in [0.15, 0.2) is 67.1 Å². The highest BCUT2D eigenvalue weighted by Gasteiger charge is 2.30. The van der Waals surface area contributed by atoms with E-state index >= 15 is 0 Å². The fourth-order valence-electron chi connectivity index (χ4n) is 3.93. The number of aromatic nitrogens is 2. The van der Waals surface area contributed by atoms with Crippen LogP contribution in [0, 0.1) is 0 Å². The van der Waals surface area contributed by atoms with Gasteiger partial charge in [0.15, 0.2) is 5.13 Å². The number of fused-ring (bicyclic) bond motifs is 1. The number of alkyl halides is 3. The van der Waals surface area contributed by atoms with E-state index in [4.69, 9.17) is 5.73 Å². The molecule has 2 unspecified atom stereocenters.